The molecule has 2 atom stereocenters. The standard InChI is InChI=1S/C15H21NOS/c1-4-16-12(9-11(2)3)14-10-18-15-8-6-5-7-13(15)17-14/h5-8,12,14,16H,2,4,9-10H2,1,3H3. The van der Waals surface area contributed by atoms with E-state index in [1.54, 1.807) is 0 Å². The van der Waals surface area contributed by atoms with Crippen LogP contribution in [-0.2, 0) is 0 Å². The minimum atomic E-state index is 0.224. The van der Waals surface area contributed by atoms with Crippen molar-refractivity contribution in [2.45, 2.75) is 37.3 Å². The maximum absolute atomic E-state index is 6.12. The average molecular weight is 263 g/mol. The van der Waals surface area contributed by atoms with Crippen LogP contribution in [0.4, 0.5) is 0 Å². The number of likely N-dealkylation sites (N-methyl/N-ethyl adjacent to an activating group) is 1. The van der Waals surface area contributed by atoms with E-state index in [4.69, 9.17) is 4.74 Å². The van der Waals surface area contributed by atoms with Crippen molar-refractivity contribution < 1.29 is 4.74 Å². The second-order valence-electron chi connectivity index (χ2n) is 4.74. The molecule has 98 valence electrons. The van der Waals surface area contributed by atoms with Gasteiger partial charge in [-0.15, -0.1) is 18.3 Å². The summed E-state index contributed by atoms with van der Waals surface area (Å²) in [6, 6.07) is 8.62. The van der Waals surface area contributed by atoms with E-state index in [0.29, 0.717) is 6.04 Å². The highest BCUT2D eigenvalue weighted by atomic mass is 32.2. The first-order valence-electron chi connectivity index (χ1n) is 6.47. The minimum Gasteiger partial charge on any atom is -0.487 e. The third kappa shape index (κ3) is 3.30. The molecular weight excluding hydrogens is 242 g/mol. The molecule has 0 bridgehead atoms. The molecule has 0 fully saturated rings. The molecule has 2 unspecified atom stereocenters. The van der Waals surface area contributed by atoms with Crippen molar-refractivity contribution in [1.82, 2.24) is 5.32 Å². The Hall–Kier alpha value is -0.930. The monoisotopic (exact) mass is 263 g/mol. The Kier molecular flexibility index (Phi) is 4.72. The van der Waals surface area contributed by atoms with Gasteiger partial charge in [-0.25, -0.2) is 0 Å². The highest BCUT2D eigenvalue weighted by Gasteiger charge is 2.27. The summed E-state index contributed by atoms with van der Waals surface area (Å²) in [5.74, 6) is 2.02. The van der Waals surface area contributed by atoms with E-state index in [1.807, 2.05) is 17.8 Å². The van der Waals surface area contributed by atoms with Gasteiger partial charge in [-0.2, -0.15) is 0 Å². The fourth-order valence-electron chi connectivity index (χ4n) is 2.21. The van der Waals surface area contributed by atoms with Crippen LogP contribution in [0.3, 0.4) is 0 Å². The molecule has 1 aliphatic rings. The zero-order valence-corrected chi connectivity index (χ0v) is 11.9. The Labute approximate surface area is 114 Å². The molecule has 1 aliphatic heterocycles. The zero-order valence-electron chi connectivity index (χ0n) is 11.1. The summed E-state index contributed by atoms with van der Waals surface area (Å²) in [4.78, 5) is 1.25. The molecule has 2 rings (SSSR count). The number of nitrogens with one attached hydrogen (secondary N) is 1. The summed E-state index contributed by atoms with van der Waals surface area (Å²) >= 11 is 1.88. The van der Waals surface area contributed by atoms with Gasteiger partial charge in [-0.05, 0) is 32.0 Å². The van der Waals surface area contributed by atoms with Gasteiger partial charge < -0.3 is 10.1 Å². The largest absolute Gasteiger partial charge is 0.487 e. The number of para-hydroxylation sites is 1. The van der Waals surface area contributed by atoms with Crippen LogP contribution >= 0.6 is 11.8 Å². The van der Waals surface area contributed by atoms with Gasteiger partial charge in [0.15, 0.2) is 0 Å². The van der Waals surface area contributed by atoms with Crippen LogP contribution in [0, 0.1) is 0 Å². The molecule has 1 heterocycles. The highest BCUT2D eigenvalue weighted by Crippen LogP contribution is 2.36. The Morgan fingerprint density at radius 1 is 1.56 bits per heavy atom. The molecule has 0 radical (unpaired) electrons. The van der Waals surface area contributed by atoms with Crippen LogP contribution in [0.15, 0.2) is 41.3 Å². The minimum absolute atomic E-state index is 0.224. The van der Waals surface area contributed by atoms with Gasteiger partial charge in [0.25, 0.3) is 0 Å². The third-order valence-corrected chi connectivity index (χ3v) is 4.16. The number of benzene rings is 1. The predicted octanol–water partition coefficient (Wildman–Crippen LogP) is 3.48. The van der Waals surface area contributed by atoms with Gasteiger partial charge >= 0.3 is 0 Å². The van der Waals surface area contributed by atoms with Crippen LogP contribution in [0.1, 0.15) is 20.3 Å². The van der Waals surface area contributed by atoms with Gasteiger partial charge in [0, 0.05) is 16.7 Å². The zero-order chi connectivity index (χ0) is 13.0. The van der Waals surface area contributed by atoms with Crippen molar-refractivity contribution in [2.24, 2.45) is 0 Å². The molecular formula is C15H21NOS. The quantitative estimate of drug-likeness (QED) is 0.822. The Bertz CT molecular complexity index is 419. The van der Waals surface area contributed by atoms with E-state index < -0.39 is 0 Å². The lowest BCUT2D eigenvalue weighted by molar-refractivity contribution is 0.166. The smallest absolute Gasteiger partial charge is 0.133 e. The van der Waals surface area contributed by atoms with Crippen LogP contribution < -0.4 is 10.1 Å². The van der Waals surface area contributed by atoms with E-state index in [2.05, 4.69) is 43.9 Å². The number of fused-ring (bicyclic) bond motifs is 1. The Balaban J connectivity index is 2.07. The maximum atomic E-state index is 6.12. The second-order valence-corrected chi connectivity index (χ2v) is 5.80. The van der Waals surface area contributed by atoms with E-state index >= 15 is 0 Å². The normalized spacial score (nSPS) is 19.8. The van der Waals surface area contributed by atoms with E-state index in [0.717, 1.165) is 24.5 Å². The van der Waals surface area contributed by atoms with Crippen molar-refractivity contribution in [2.75, 3.05) is 12.3 Å². The van der Waals surface area contributed by atoms with Gasteiger partial charge in [0.05, 0.1) is 0 Å². The van der Waals surface area contributed by atoms with E-state index in [-0.39, 0.29) is 6.10 Å². The van der Waals surface area contributed by atoms with Gasteiger partial charge in [0.2, 0.25) is 0 Å². The molecule has 1 aromatic rings. The summed E-state index contributed by atoms with van der Waals surface area (Å²) < 4.78 is 6.12. The second kappa shape index (κ2) is 6.30. The molecule has 1 N–H and O–H groups in total. The molecule has 1 aromatic carbocycles. The first kappa shape index (κ1) is 13.5. The summed E-state index contributed by atoms with van der Waals surface area (Å²) in [7, 11) is 0. The van der Waals surface area contributed by atoms with Crippen molar-refractivity contribution in [1.29, 1.82) is 0 Å². The van der Waals surface area contributed by atoms with Crippen LogP contribution in [0.2, 0.25) is 0 Å². The molecule has 0 aromatic heterocycles. The van der Waals surface area contributed by atoms with Crippen molar-refractivity contribution in [3.05, 3.63) is 36.4 Å². The first-order valence-corrected chi connectivity index (χ1v) is 7.45. The molecule has 3 heteroatoms. The molecule has 0 aliphatic carbocycles. The lowest BCUT2D eigenvalue weighted by Gasteiger charge is -2.32. The van der Waals surface area contributed by atoms with Crippen LogP contribution in [-0.4, -0.2) is 24.4 Å². The highest BCUT2D eigenvalue weighted by molar-refractivity contribution is 7.99. The Morgan fingerprint density at radius 3 is 3.06 bits per heavy atom. The fraction of sp³-hybridized carbons (Fsp3) is 0.467. The number of rotatable bonds is 5. The van der Waals surface area contributed by atoms with Crippen LogP contribution in [0.5, 0.6) is 5.75 Å². The van der Waals surface area contributed by atoms with Crippen LogP contribution in [0.25, 0.3) is 0 Å². The lowest BCUT2D eigenvalue weighted by Crippen LogP contribution is -2.45. The summed E-state index contributed by atoms with van der Waals surface area (Å²) in [6.07, 6.45) is 1.20. The summed E-state index contributed by atoms with van der Waals surface area (Å²) in [6.45, 7) is 9.19. The first-order chi connectivity index (χ1) is 8.70. The maximum Gasteiger partial charge on any atom is 0.133 e. The molecule has 2 nitrogen and oxygen atoms in total. The SMILES string of the molecule is C=C(C)CC(NCC)C1CSc2ccccc2O1. The fourth-order valence-corrected chi connectivity index (χ4v) is 3.28. The third-order valence-electron chi connectivity index (χ3n) is 3.01. The number of thioether (sulfide) groups is 1. The lowest BCUT2D eigenvalue weighted by atomic mass is 10.0. The molecule has 0 saturated carbocycles. The number of hydrogen-bond donors (Lipinski definition) is 1. The van der Waals surface area contributed by atoms with Gasteiger partial charge in [-0.3, -0.25) is 0 Å². The van der Waals surface area contributed by atoms with Gasteiger partial charge in [-0.1, -0.05) is 24.6 Å². The number of ether oxygens (including phenoxy) is 1. The molecule has 18 heavy (non-hydrogen) atoms. The molecule has 0 amide bonds. The predicted molar refractivity (Wildman–Crippen MR) is 78.5 cm³/mol. The molecule has 0 saturated heterocycles. The average Bonchev–Trinajstić information content (AvgIpc) is 2.37. The molecule has 0 spiro atoms. The van der Waals surface area contributed by atoms with Crippen molar-refractivity contribution in [3.8, 4) is 5.75 Å². The summed E-state index contributed by atoms with van der Waals surface area (Å²) in [5.41, 5.74) is 1.20. The van der Waals surface area contributed by atoms with Gasteiger partial charge in [0.1, 0.15) is 11.9 Å². The van der Waals surface area contributed by atoms with Crippen molar-refractivity contribution in [3.63, 3.8) is 0 Å². The number of hydrogen-bond acceptors (Lipinski definition) is 3. The topological polar surface area (TPSA) is 21.3 Å². The van der Waals surface area contributed by atoms with Crippen molar-refractivity contribution >= 4 is 11.8 Å². The van der Waals surface area contributed by atoms with E-state index in [1.165, 1.54) is 10.5 Å². The Morgan fingerprint density at radius 2 is 2.33 bits per heavy atom. The summed E-state index contributed by atoms with van der Waals surface area (Å²) in [5, 5.41) is 3.52. The van der Waals surface area contributed by atoms with E-state index in [9.17, 15) is 0 Å².